The van der Waals surface area contributed by atoms with Crippen molar-refractivity contribution in [3.63, 3.8) is 0 Å². The van der Waals surface area contributed by atoms with Gasteiger partial charge in [-0.3, -0.25) is 9.98 Å². The van der Waals surface area contributed by atoms with Crippen LogP contribution in [0.1, 0.15) is 251 Å². The third-order valence-electron chi connectivity index (χ3n) is 11.5. The maximum atomic E-state index is 5.26. The summed E-state index contributed by atoms with van der Waals surface area (Å²) in [5, 5.41) is 0. The van der Waals surface area contributed by atoms with E-state index in [1.807, 2.05) is 0 Å². The largest absolute Gasteiger partial charge is 0.252 e. The second-order valence-corrected chi connectivity index (χ2v) is 17.0. The van der Waals surface area contributed by atoms with Crippen LogP contribution in [-0.4, -0.2) is 11.4 Å². The summed E-state index contributed by atoms with van der Waals surface area (Å²) in [4.78, 5) is 10.5. The Balaban J connectivity index is 0.0000168. The molecule has 2 nitrogen and oxygen atoms in total. The van der Waals surface area contributed by atoms with Crippen LogP contribution in [0.2, 0.25) is 0 Å². The molecule has 2 aromatic rings. The number of rotatable bonds is 38. The molecule has 0 saturated carbocycles. The number of hydrogen-bond acceptors (Lipinski definition) is 2. The molecule has 0 spiro atoms. The van der Waals surface area contributed by atoms with Crippen LogP contribution in [0.15, 0.2) is 70.7 Å². The first-order valence-electron chi connectivity index (χ1n) is 24.9. The van der Waals surface area contributed by atoms with Gasteiger partial charge in [0, 0.05) is 16.5 Å². The van der Waals surface area contributed by atoms with Crippen LogP contribution >= 0.6 is 0 Å². The number of benzene rings is 2. The molecule has 2 aromatic carbocycles. The van der Waals surface area contributed by atoms with Gasteiger partial charge >= 0.3 is 0 Å². The van der Waals surface area contributed by atoms with Gasteiger partial charge in [-0.15, -0.1) is 0 Å². The Kier molecular flexibility index (Phi) is 37.2. The minimum absolute atomic E-state index is 0. The molecule has 0 aliphatic rings. The van der Waals surface area contributed by atoms with Crippen molar-refractivity contribution in [3.8, 4) is 0 Å². The van der Waals surface area contributed by atoms with E-state index >= 15 is 0 Å². The van der Waals surface area contributed by atoms with E-state index < -0.39 is 0 Å². The van der Waals surface area contributed by atoms with Gasteiger partial charge in [0.1, 0.15) is 0 Å². The van der Waals surface area contributed by atoms with Gasteiger partial charge in [0.15, 0.2) is 0 Å². The van der Waals surface area contributed by atoms with E-state index in [9.17, 15) is 0 Å². The Morgan fingerprint density at radius 3 is 0.948 bits per heavy atom. The quantitative estimate of drug-likeness (QED) is 0.0366. The number of unbranched alkanes of at least 4 members (excludes halogenated alkanes) is 27. The fourth-order valence-electron chi connectivity index (χ4n) is 7.69. The molecule has 0 N–H and O–H groups in total. The predicted octanol–water partition coefficient (Wildman–Crippen LogP) is 19.5. The maximum Gasteiger partial charge on any atom is 0.0634 e. The minimum Gasteiger partial charge on any atom is -0.252 e. The number of hydrogen-bond donors (Lipinski definition) is 0. The summed E-state index contributed by atoms with van der Waals surface area (Å²) in [6.07, 6.45) is 53.2. The van der Waals surface area contributed by atoms with Crippen LogP contribution in [0.5, 0.6) is 0 Å². The zero-order valence-electron chi connectivity index (χ0n) is 38.5. The first-order valence-corrected chi connectivity index (χ1v) is 24.9. The Hall–Kier alpha value is -2.25. The van der Waals surface area contributed by atoms with E-state index in [1.54, 1.807) is 0 Å². The van der Waals surface area contributed by atoms with Crippen LogP contribution in [0.25, 0.3) is 12.2 Å². The van der Waals surface area contributed by atoms with E-state index in [1.165, 1.54) is 197 Å². The Bertz CT molecular complexity index is 1300. The van der Waals surface area contributed by atoms with Crippen molar-refractivity contribution in [2.75, 3.05) is 0 Å². The fraction of sp³-hybridized carbons (Fsp3) is 0.673. The Labute approximate surface area is 371 Å². The molecule has 0 radical (unpaired) electrons. The number of nitrogens with zero attached hydrogens (tertiary/aromatic N) is 2. The van der Waals surface area contributed by atoms with Gasteiger partial charge in [-0.1, -0.05) is 237 Å². The summed E-state index contributed by atoms with van der Waals surface area (Å²) >= 11 is 0. The summed E-state index contributed by atoms with van der Waals surface area (Å²) in [5.74, 6) is 0. The molecule has 0 saturated heterocycles. The zero-order valence-corrected chi connectivity index (χ0v) is 39.5. The summed E-state index contributed by atoms with van der Waals surface area (Å²) in [6.45, 7) is 9.15. The smallest absolute Gasteiger partial charge is 0.0634 e. The van der Waals surface area contributed by atoms with E-state index in [0.717, 1.165) is 49.2 Å². The van der Waals surface area contributed by atoms with Crippen LogP contribution in [-0.2, 0) is 16.5 Å². The first-order chi connectivity index (χ1) is 28.2. The molecule has 0 atom stereocenters. The summed E-state index contributed by atoms with van der Waals surface area (Å²) in [6, 6.07) is 17.7. The molecule has 0 aromatic heterocycles. The van der Waals surface area contributed by atoms with Crippen LogP contribution in [0.3, 0.4) is 0 Å². The number of aliphatic imine (C=N–C) groups is 2. The average Bonchev–Trinajstić information content (AvgIpc) is 3.23. The first kappa shape index (κ1) is 53.8. The van der Waals surface area contributed by atoms with Gasteiger partial charge in [-0.05, 0) is 86.8 Å². The van der Waals surface area contributed by atoms with E-state index in [-0.39, 0.29) is 16.5 Å². The van der Waals surface area contributed by atoms with Gasteiger partial charge in [0.05, 0.1) is 22.8 Å². The third kappa shape index (κ3) is 29.9. The van der Waals surface area contributed by atoms with Gasteiger partial charge in [-0.2, -0.15) is 0 Å². The van der Waals surface area contributed by atoms with E-state index in [2.05, 4.69) is 101 Å². The molecule has 0 aliphatic heterocycles. The molecule has 0 heterocycles. The fourth-order valence-corrected chi connectivity index (χ4v) is 7.69. The van der Waals surface area contributed by atoms with Gasteiger partial charge in [0.25, 0.3) is 0 Å². The second-order valence-electron chi connectivity index (χ2n) is 17.0. The van der Waals surface area contributed by atoms with Crippen LogP contribution in [0.4, 0.5) is 11.4 Å². The standard InChI is InChI=1S/C55H90N2.Ni/c1-5-9-13-15-17-19-21-23-25-27-29-31-33-36-38-50-42-46-52(47-43-50)56-54(40-12-8-4)55(41-35-11-7-3)57-53-48-44-51(45-49-53)39-37-34-32-30-28-26-24-22-20-18-16-14-10-6-2;/h36-39,42-49H,5-35,40-41H2,1-4H3;. The molecular weight excluding hydrogens is 747 g/mol. The Morgan fingerprint density at radius 2 is 0.621 bits per heavy atom. The topological polar surface area (TPSA) is 24.7 Å². The summed E-state index contributed by atoms with van der Waals surface area (Å²) in [5.41, 5.74) is 6.94. The average molecular weight is 838 g/mol. The molecular formula is C55H90N2Ni. The van der Waals surface area contributed by atoms with Crippen molar-refractivity contribution in [3.05, 3.63) is 71.8 Å². The summed E-state index contributed by atoms with van der Waals surface area (Å²) < 4.78 is 0. The molecule has 3 heteroatoms. The normalized spacial score (nSPS) is 12.3. The molecule has 330 valence electrons. The summed E-state index contributed by atoms with van der Waals surface area (Å²) in [7, 11) is 0. The molecule has 58 heavy (non-hydrogen) atoms. The predicted molar refractivity (Wildman–Crippen MR) is 260 cm³/mol. The molecule has 0 amide bonds. The van der Waals surface area contributed by atoms with Crippen molar-refractivity contribution < 1.29 is 16.5 Å². The minimum atomic E-state index is 0. The van der Waals surface area contributed by atoms with Crippen molar-refractivity contribution in [2.24, 2.45) is 9.98 Å². The molecule has 0 unspecified atom stereocenters. The SMILES string of the molecule is CCCCCCCCCCCCCCC=Cc1ccc(N=C(CCCC)C(CCCCC)=Nc2ccc(C=CCCCCCCCCCCCCCC)cc2)cc1.[Ni]. The van der Waals surface area contributed by atoms with Crippen molar-refractivity contribution in [1.29, 1.82) is 0 Å². The monoisotopic (exact) mass is 837 g/mol. The van der Waals surface area contributed by atoms with Crippen molar-refractivity contribution in [1.82, 2.24) is 0 Å². The number of allylic oxidation sites excluding steroid dienone is 2. The molecule has 0 aliphatic carbocycles. The van der Waals surface area contributed by atoms with Crippen LogP contribution < -0.4 is 0 Å². The zero-order chi connectivity index (χ0) is 40.7. The Morgan fingerprint density at radius 1 is 0.345 bits per heavy atom. The van der Waals surface area contributed by atoms with Gasteiger partial charge in [0.2, 0.25) is 0 Å². The molecule has 0 bridgehead atoms. The van der Waals surface area contributed by atoms with E-state index in [0.29, 0.717) is 0 Å². The maximum absolute atomic E-state index is 5.26. The van der Waals surface area contributed by atoms with Crippen molar-refractivity contribution in [2.45, 2.75) is 240 Å². The van der Waals surface area contributed by atoms with Crippen LogP contribution in [0, 0.1) is 0 Å². The van der Waals surface area contributed by atoms with E-state index in [4.69, 9.17) is 9.98 Å². The third-order valence-corrected chi connectivity index (χ3v) is 11.5. The van der Waals surface area contributed by atoms with Gasteiger partial charge < -0.3 is 0 Å². The van der Waals surface area contributed by atoms with Gasteiger partial charge in [-0.25, -0.2) is 0 Å². The molecule has 0 fully saturated rings. The van der Waals surface area contributed by atoms with Crippen molar-refractivity contribution >= 4 is 35.0 Å². The second kappa shape index (κ2) is 40.2. The molecule has 2 rings (SSSR count).